The standard InChI is InChI=1S/C24H29N3O11S/c1-14-15-11-19(39(34,35)36)17(25)13-18(15)37-24(33)16(14)12-22(31)26(9-10-28)8-4-2-3-5-23(32)38-27-20(29)6-7-21(27)30/h11,13,28H,2-10,12,25H2,1H3,(H,34,35,36). The van der Waals surface area contributed by atoms with Crippen molar-refractivity contribution in [3.63, 3.8) is 0 Å². The number of benzene rings is 1. The summed E-state index contributed by atoms with van der Waals surface area (Å²) in [7, 11) is -4.65. The molecule has 0 unspecified atom stereocenters. The Morgan fingerprint density at radius 3 is 2.38 bits per heavy atom. The van der Waals surface area contributed by atoms with Gasteiger partial charge in [0.15, 0.2) is 0 Å². The number of carbonyl (C=O) groups is 4. The van der Waals surface area contributed by atoms with E-state index in [9.17, 15) is 42.0 Å². The molecule has 1 aliphatic rings. The lowest BCUT2D eigenvalue weighted by Crippen LogP contribution is -2.36. The third kappa shape index (κ3) is 7.19. The van der Waals surface area contributed by atoms with E-state index < -0.39 is 44.3 Å². The Hall–Kier alpha value is -3.82. The van der Waals surface area contributed by atoms with Crippen LogP contribution >= 0.6 is 0 Å². The summed E-state index contributed by atoms with van der Waals surface area (Å²) in [5.41, 5.74) is 4.78. The number of fused-ring (bicyclic) bond motifs is 1. The molecule has 14 nitrogen and oxygen atoms in total. The van der Waals surface area contributed by atoms with E-state index in [2.05, 4.69) is 0 Å². The molecule has 1 fully saturated rings. The minimum atomic E-state index is -4.65. The van der Waals surface area contributed by atoms with Crippen molar-refractivity contribution in [2.75, 3.05) is 25.4 Å². The molecule has 2 heterocycles. The number of rotatable bonds is 12. The lowest BCUT2D eigenvalue weighted by atomic mass is 10.0. The van der Waals surface area contributed by atoms with Crippen LogP contribution in [0.5, 0.6) is 0 Å². The van der Waals surface area contributed by atoms with Crippen LogP contribution in [0.4, 0.5) is 5.69 Å². The average Bonchev–Trinajstić information content (AvgIpc) is 3.16. The fraction of sp³-hybridized carbons (Fsp3) is 0.458. The first-order chi connectivity index (χ1) is 18.3. The highest BCUT2D eigenvalue weighted by Gasteiger charge is 2.32. The van der Waals surface area contributed by atoms with Crippen molar-refractivity contribution in [2.45, 2.75) is 56.8 Å². The summed E-state index contributed by atoms with van der Waals surface area (Å²) in [5.74, 6) is -2.34. The van der Waals surface area contributed by atoms with Crippen LogP contribution in [0.3, 0.4) is 0 Å². The van der Waals surface area contributed by atoms with Crippen LogP contribution in [-0.4, -0.2) is 71.4 Å². The van der Waals surface area contributed by atoms with Gasteiger partial charge in [0.2, 0.25) is 5.91 Å². The second kappa shape index (κ2) is 12.4. The van der Waals surface area contributed by atoms with Crippen LogP contribution in [0.15, 0.2) is 26.2 Å². The van der Waals surface area contributed by atoms with Gasteiger partial charge in [-0.2, -0.15) is 8.42 Å². The zero-order valence-electron chi connectivity index (χ0n) is 21.2. The number of anilines is 1. The smallest absolute Gasteiger partial charge is 0.340 e. The van der Waals surface area contributed by atoms with Crippen molar-refractivity contribution in [1.82, 2.24) is 9.96 Å². The van der Waals surface area contributed by atoms with E-state index in [1.807, 2.05) is 0 Å². The first-order valence-electron chi connectivity index (χ1n) is 12.1. The average molecular weight is 568 g/mol. The maximum Gasteiger partial charge on any atom is 0.340 e. The molecule has 1 aromatic heterocycles. The van der Waals surface area contributed by atoms with Gasteiger partial charge >= 0.3 is 11.6 Å². The Morgan fingerprint density at radius 2 is 1.77 bits per heavy atom. The first kappa shape index (κ1) is 29.7. The number of nitrogen functional groups attached to an aromatic ring is 1. The largest absolute Gasteiger partial charge is 0.422 e. The zero-order valence-corrected chi connectivity index (χ0v) is 22.0. The lowest BCUT2D eigenvalue weighted by molar-refractivity contribution is -0.197. The van der Waals surface area contributed by atoms with E-state index in [0.29, 0.717) is 24.3 Å². The van der Waals surface area contributed by atoms with Gasteiger partial charge < -0.3 is 25.0 Å². The first-order valence-corrected chi connectivity index (χ1v) is 13.6. The van der Waals surface area contributed by atoms with E-state index in [-0.39, 0.29) is 73.2 Å². The second-order valence-electron chi connectivity index (χ2n) is 8.99. The van der Waals surface area contributed by atoms with Gasteiger partial charge in [0.05, 0.1) is 24.3 Å². The van der Waals surface area contributed by atoms with Crippen LogP contribution in [0.2, 0.25) is 0 Å². The maximum atomic E-state index is 13.0. The van der Waals surface area contributed by atoms with Crippen LogP contribution in [0.1, 0.15) is 49.7 Å². The quantitative estimate of drug-likeness (QED) is 0.105. The van der Waals surface area contributed by atoms with Crippen LogP contribution in [-0.2, 0) is 40.6 Å². The van der Waals surface area contributed by atoms with Crippen molar-refractivity contribution in [3.8, 4) is 0 Å². The number of unbranched alkanes of at least 4 members (excludes halogenated alkanes) is 2. The fourth-order valence-electron chi connectivity index (χ4n) is 4.16. The summed E-state index contributed by atoms with van der Waals surface area (Å²) in [4.78, 5) is 66.1. The molecule has 4 N–H and O–H groups in total. The number of hydroxylamine groups is 2. The van der Waals surface area contributed by atoms with E-state index in [4.69, 9.17) is 15.0 Å². The summed E-state index contributed by atoms with van der Waals surface area (Å²) < 4.78 is 37.9. The molecule has 15 heteroatoms. The third-order valence-electron chi connectivity index (χ3n) is 6.25. The van der Waals surface area contributed by atoms with E-state index >= 15 is 0 Å². The SMILES string of the molecule is Cc1c(CC(=O)N(CCO)CCCCCC(=O)ON2C(=O)CCC2=O)c(=O)oc2cc(N)c(S(=O)(=O)O)cc12. The second-order valence-corrected chi connectivity index (χ2v) is 10.4. The molecule has 0 aliphatic carbocycles. The molecule has 1 saturated heterocycles. The van der Waals surface area contributed by atoms with Crippen LogP contribution in [0.25, 0.3) is 11.0 Å². The Balaban J connectivity index is 1.62. The summed E-state index contributed by atoms with van der Waals surface area (Å²) in [6.07, 6.45) is 0.872. The summed E-state index contributed by atoms with van der Waals surface area (Å²) in [5, 5.41) is 10.1. The Bertz CT molecular complexity index is 1450. The molecule has 212 valence electrons. The normalized spacial score (nSPS) is 13.8. The molecule has 0 bridgehead atoms. The Labute approximate surface area is 223 Å². The van der Waals surface area contributed by atoms with Crippen molar-refractivity contribution in [2.24, 2.45) is 0 Å². The zero-order chi connectivity index (χ0) is 28.9. The number of aryl methyl sites for hydroxylation is 1. The van der Waals surface area contributed by atoms with Gasteiger partial charge in [0.1, 0.15) is 10.5 Å². The summed E-state index contributed by atoms with van der Waals surface area (Å²) in [6, 6.07) is 2.17. The van der Waals surface area contributed by atoms with Crippen LogP contribution < -0.4 is 11.4 Å². The minimum absolute atomic E-state index is 0.00172. The predicted octanol–water partition coefficient (Wildman–Crippen LogP) is 0.461. The minimum Gasteiger partial charge on any atom is -0.422 e. The van der Waals surface area contributed by atoms with Crippen molar-refractivity contribution in [1.29, 1.82) is 0 Å². The number of carbonyl (C=O) groups excluding carboxylic acids is 4. The number of nitrogens with two attached hydrogens (primary N) is 1. The van der Waals surface area contributed by atoms with E-state index in [0.717, 1.165) is 12.1 Å². The molecule has 39 heavy (non-hydrogen) atoms. The van der Waals surface area contributed by atoms with Gasteiger partial charge in [-0.05, 0) is 31.4 Å². The van der Waals surface area contributed by atoms with E-state index in [1.54, 1.807) is 0 Å². The van der Waals surface area contributed by atoms with Gasteiger partial charge in [-0.25, -0.2) is 9.59 Å². The molecule has 0 radical (unpaired) electrons. The van der Waals surface area contributed by atoms with Gasteiger partial charge in [-0.1, -0.05) is 6.42 Å². The van der Waals surface area contributed by atoms with Crippen molar-refractivity contribution in [3.05, 3.63) is 33.7 Å². The van der Waals surface area contributed by atoms with Gasteiger partial charge in [-0.3, -0.25) is 18.9 Å². The summed E-state index contributed by atoms with van der Waals surface area (Å²) in [6.45, 7) is 1.36. The topological polar surface area (TPSA) is 215 Å². The number of aliphatic hydroxyl groups excluding tert-OH is 1. The molecule has 2 aromatic rings. The monoisotopic (exact) mass is 567 g/mol. The number of aliphatic hydroxyl groups is 1. The number of imide groups is 1. The lowest BCUT2D eigenvalue weighted by Gasteiger charge is -2.22. The Kier molecular flexibility index (Phi) is 9.42. The summed E-state index contributed by atoms with van der Waals surface area (Å²) >= 11 is 0. The number of nitrogens with zero attached hydrogens (tertiary/aromatic N) is 2. The fourth-order valence-corrected chi connectivity index (χ4v) is 4.78. The molecule has 1 aromatic carbocycles. The number of hydrogen-bond acceptors (Lipinski definition) is 11. The molecule has 3 amide bonds. The molecule has 0 atom stereocenters. The molecule has 0 spiro atoms. The number of amides is 3. The van der Waals surface area contributed by atoms with Crippen molar-refractivity contribution < 1.29 is 46.5 Å². The number of hydrogen-bond donors (Lipinski definition) is 3. The van der Waals surface area contributed by atoms with Gasteiger partial charge in [0.25, 0.3) is 21.9 Å². The highest BCUT2D eigenvalue weighted by Crippen LogP contribution is 2.28. The maximum absolute atomic E-state index is 13.0. The molecular weight excluding hydrogens is 538 g/mol. The van der Waals surface area contributed by atoms with Gasteiger partial charge in [0, 0.05) is 43.8 Å². The predicted molar refractivity (Wildman–Crippen MR) is 134 cm³/mol. The highest BCUT2D eigenvalue weighted by atomic mass is 32.2. The van der Waals surface area contributed by atoms with Gasteiger partial charge in [-0.15, -0.1) is 5.06 Å². The molecule has 1 aliphatic heterocycles. The molecular formula is C24H29N3O11S. The molecule has 3 rings (SSSR count). The van der Waals surface area contributed by atoms with Crippen LogP contribution in [0, 0.1) is 6.92 Å². The third-order valence-corrected chi connectivity index (χ3v) is 7.16. The Morgan fingerprint density at radius 1 is 1.10 bits per heavy atom. The molecule has 0 saturated carbocycles. The van der Waals surface area contributed by atoms with E-state index in [1.165, 1.54) is 11.8 Å². The van der Waals surface area contributed by atoms with Crippen molar-refractivity contribution >= 4 is 50.5 Å². The highest BCUT2D eigenvalue weighted by molar-refractivity contribution is 7.86.